The summed E-state index contributed by atoms with van der Waals surface area (Å²) in [5.74, 6) is 0.561. The van der Waals surface area contributed by atoms with Gasteiger partial charge in [0.25, 0.3) is 10.0 Å². The molecule has 22 heavy (non-hydrogen) atoms. The summed E-state index contributed by atoms with van der Waals surface area (Å²) in [5.41, 5.74) is 0.960. The van der Waals surface area contributed by atoms with Crippen molar-refractivity contribution in [3.63, 3.8) is 0 Å². The van der Waals surface area contributed by atoms with Crippen molar-refractivity contribution in [3.05, 3.63) is 46.4 Å². The van der Waals surface area contributed by atoms with E-state index in [4.69, 9.17) is 4.74 Å². The summed E-state index contributed by atoms with van der Waals surface area (Å²) < 4.78 is 33.7. The van der Waals surface area contributed by atoms with Gasteiger partial charge < -0.3 is 4.74 Å². The lowest BCUT2D eigenvalue weighted by atomic mass is 10.2. The van der Waals surface area contributed by atoms with Crippen LogP contribution in [0.15, 0.2) is 50.6 Å². The molecule has 0 saturated heterocycles. The largest absolute Gasteiger partial charge is 0.497 e. The summed E-state index contributed by atoms with van der Waals surface area (Å²) in [5, 5.41) is 0.798. The topological polar surface area (TPSA) is 68.3 Å². The molecule has 3 rings (SSSR count). The lowest BCUT2D eigenvalue weighted by Crippen LogP contribution is -2.12. The van der Waals surface area contributed by atoms with E-state index in [1.165, 1.54) is 7.11 Å². The van der Waals surface area contributed by atoms with Gasteiger partial charge in [0.2, 0.25) is 0 Å². The van der Waals surface area contributed by atoms with E-state index in [1.807, 2.05) is 12.1 Å². The normalized spacial score (nSPS) is 11.5. The highest BCUT2D eigenvalue weighted by Gasteiger charge is 2.18. The number of nitrogens with zero attached hydrogens (tertiary/aromatic N) is 1. The maximum atomic E-state index is 12.5. The molecule has 0 aliphatic rings. The Morgan fingerprint density at radius 3 is 2.77 bits per heavy atom. The Labute approximate surface area is 140 Å². The number of fused-ring (bicyclic) bond motifs is 1. The number of hydrogen-bond acceptors (Lipinski definition) is 5. The average molecular weight is 399 g/mol. The molecule has 0 aliphatic heterocycles. The number of sulfonamides is 1. The predicted molar refractivity (Wildman–Crippen MR) is 91.1 cm³/mol. The molecule has 0 aliphatic carbocycles. The average Bonchev–Trinajstić information content (AvgIpc) is 2.94. The molecule has 0 bridgehead atoms. The van der Waals surface area contributed by atoms with Crippen LogP contribution in [0.5, 0.6) is 5.75 Å². The summed E-state index contributed by atoms with van der Waals surface area (Å²) in [4.78, 5) is 4.25. The van der Waals surface area contributed by atoms with Gasteiger partial charge in [0, 0.05) is 17.6 Å². The molecule has 0 atom stereocenters. The van der Waals surface area contributed by atoms with Crippen LogP contribution in [0.4, 0.5) is 5.69 Å². The van der Waals surface area contributed by atoms with E-state index in [0.717, 1.165) is 20.5 Å². The van der Waals surface area contributed by atoms with E-state index in [2.05, 4.69) is 25.6 Å². The molecule has 0 saturated carbocycles. The van der Waals surface area contributed by atoms with Gasteiger partial charge in [0.15, 0.2) is 0 Å². The van der Waals surface area contributed by atoms with Gasteiger partial charge in [0.1, 0.15) is 9.96 Å². The molecular formula is C14H11BrN2O3S2. The Morgan fingerprint density at radius 2 is 2.09 bits per heavy atom. The number of benzene rings is 1. The lowest BCUT2D eigenvalue weighted by Gasteiger charge is -2.11. The Kier molecular flexibility index (Phi) is 4.07. The SMILES string of the molecule is COc1cc(NS(=O)(=O)c2ccc(Br)s2)c2ncccc2c1. The molecule has 0 spiro atoms. The van der Waals surface area contributed by atoms with Crippen LogP contribution >= 0.6 is 27.3 Å². The van der Waals surface area contributed by atoms with Crippen LogP contribution in [-0.4, -0.2) is 20.5 Å². The third-order valence-corrected chi connectivity index (χ3v) is 6.45. The number of methoxy groups -OCH3 is 1. The predicted octanol–water partition coefficient (Wildman–Crippen LogP) is 3.87. The first-order chi connectivity index (χ1) is 10.5. The molecule has 0 radical (unpaired) electrons. The maximum Gasteiger partial charge on any atom is 0.271 e. The number of anilines is 1. The van der Waals surface area contributed by atoms with E-state index in [-0.39, 0.29) is 4.21 Å². The van der Waals surface area contributed by atoms with Crippen LogP contribution in [0, 0.1) is 0 Å². The van der Waals surface area contributed by atoms with Crippen molar-refractivity contribution in [1.82, 2.24) is 4.98 Å². The first kappa shape index (κ1) is 15.3. The van der Waals surface area contributed by atoms with Gasteiger partial charge in [-0.25, -0.2) is 8.42 Å². The smallest absolute Gasteiger partial charge is 0.271 e. The highest BCUT2D eigenvalue weighted by Crippen LogP contribution is 2.32. The van der Waals surface area contributed by atoms with Gasteiger partial charge in [0.05, 0.1) is 22.1 Å². The first-order valence-corrected chi connectivity index (χ1v) is 9.30. The molecule has 3 aromatic rings. The van der Waals surface area contributed by atoms with Crippen LogP contribution < -0.4 is 9.46 Å². The molecule has 1 N–H and O–H groups in total. The molecule has 8 heteroatoms. The zero-order valence-corrected chi connectivity index (χ0v) is 14.6. The van der Waals surface area contributed by atoms with E-state index in [9.17, 15) is 8.42 Å². The third kappa shape index (κ3) is 2.94. The molecule has 2 aromatic heterocycles. The van der Waals surface area contributed by atoms with Crippen LogP contribution in [0.1, 0.15) is 0 Å². The van der Waals surface area contributed by atoms with Gasteiger partial charge in [-0.1, -0.05) is 6.07 Å². The van der Waals surface area contributed by atoms with Crippen LogP contribution in [-0.2, 0) is 10.0 Å². The molecule has 5 nitrogen and oxygen atoms in total. The fraction of sp³-hybridized carbons (Fsp3) is 0.0714. The number of hydrogen-bond donors (Lipinski definition) is 1. The van der Waals surface area contributed by atoms with Gasteiger partial charge >= 0.3 is 0 Å². The minimum Gasteiger partial charge on any atom is -0.497 e. The number of pyridine rings is 1. The quantitative estimate of drug-likeness (QED) is 0.723. The summed E-state index contributed by atoms with van der Waals surface area (Å²) in [6, 6.07) is 10.3. The van der Waals surface area contributed by atoms with Gasteiger partial charge in [-0.05, 0) is 40.2 Å². The molecular weight excluding hydrogens is 388 g/mol. The first-order valence-electron chi connectivity index (χ1n) is 6.20. The molecule has 2 heterocycles. The second kappa shape index (κ2) is 5.86. The van der Waals surface area contributed by atoms with Crippen molar-refractivity contribution >= 4 is 53.9 Å². The Morgan fingerprint density at radius 1 is 1.27 bits per heavy atom. The van der Waals surface area contributed by atoms with Gasteiger partial charge in [-0.15, -0.1) is 11.3 Å². The van der Waals surface area contributed by atoms with E-state index < -0.39 is 10.0 Å². The molecule has 0 fully saturated rings. The van der Waals surface area contributed by atoms with Crippen molar-refractivity contribution in [2.75, 3.05) is 11.8 Å². The van der Waals surface area contributed by atoms with Crippen LogP contribution in [0.2, 0.25) is 0 Å². The molecule has 1 aromatic carbocycles. The van der Waals surface area contributed by atoms with E-state index in [0.29, 0.717) is 17.0 Å². The molecule has 0 amide bonds. The van der Waals surface area contributed by atoms with Gasteiger partial charge in [-0.2, -0.15) is 0 Å². The Balaban J connectivity index is 2.10. The monoisotopic (exact) mass is 398 g/mol. The zero-order valence-electron chi connectivity index (χ0n) is 11.4. The van der Waals surface area contributed by atoms with Gasteiger partial charge in [-0.3, -0.25) is 9.71 Å². The number of aromatic nitrogens is 1. The van der Waals surface area contributed by atoms with Crippen LogP contribution in [0.3, 0.4) is 0 Å². The lowest BCUT2D eigenvalue weighted by molar-refractivity contribution is 0.415. The third-order valence-electron chi connectivity index (χ3n) is 2.97. The standard InChI is InChI=1S/C14H11BrN2O3S2/c1-20-10-7-9-3-2-6-16-14(9)11(8-10)17-22(18,19)13-5-4-12(15)21-13/h2-8,17H,1H3. The number of ether oxygens (including phenoxy) is 1. The summed E-state index contributed by atoms with van der Waals surface area (Å²) >= 11 is 4.41. The van der Waals surface area contributed by atoms with Crippen molar-refractivity contribution in [2.24, 2.45) is 0 Å². The van der Waals surface area contributed by atoms with Crippen LogP contribution in [0.25, 0.3) is 10.9 Å². The second-order valence-electron chi connectivity index (χ2n) is 4.41. The van der Waals surface area contributed by atoms with Crippen molar-refractivity contribution < 1.29 is 13.2 Å². The molecule has 0 unspecified atom stereocenters. The summed E-state index contributed by atoms with van der Waals surface area (Å²) in [6.45, 7) is 0. The van der Waals surface area contributed by atoms with E-state index >= 15 is 0 Å². The minimum atomic E-state index is -3.67. The maximum absolute atomic E-state index is 12.5. The summed E-state index contributed by atoms with van der Waals surface area (Å²) in [7, 11) is -2.13. The van der Waals surface area contributed by atoms with Crippen molar-refractivity contribution in [3.8, 4) is 5.75 Å². The highest BCUT2D eigenvalue weighted by atomic mass is 79.9. The number of rotatable bonds is 4. The number of halogens is 1. The van der Waals surface area contributed by atoms with E-state index in [1.54, 1.807) is 30.5 Å². The van der Waals surface area contributed by atoms with Crippen molar-refractivity contribution in [1.29, 1.82) is 0 Å². The highest BCUT2D eigenvalue weighted by molar-refractivity contribution is 9.11. The summed E-state index contributed by atoms with van der Waals surface area (Å²) in [6.07, 6.45) is 1.62. The fourth-order valence-electron chi connectivity index (χ4n) is 2.00. The minimum absolute atomic E-state index is 0.228. The molecule has 114 valence electrons. The second-order valence-corrected chi connectivity index (χ2v) is 8.79. The Bertz CT molecular complexity index is 938. The van der Waals surface area contributed by atoms with Crippen molar-refractivity contribution in [2.45, 2.75) is 4.21 Å². The number of thiophene rings is 1. The zero-order chi connectivity index (χ0) is 15.7. The Hall–Kier alpha value is -1.64. The fourth-order valence-corrected chi connectivity index (χ4v) is 5.06. The number of nitrogens with one attached hydrogen (secondary N) is 1.